The van der Waals surface area contributed by atoms with Crippen LogP contribution in [0.4, 0.5) is 10.1 Å². The molecule has 3 heterocycles. The molecule has 1 unspecified atom stereocenters. The minimum absolute atomic E-state index is 0.186. The maximum Gasteiger partial charge on any atom is 0.246 e. The zero-order valence-electron chi connectivity index (χ0n) is 20.5. The summed E-state index contributed by atoms with van der Waals surface area (Å²) in [6.07, 6.45) is 5.42. The number of fused-ring (bicyclic) bond motifs is 1. The average molecular weight is 513 g/mol. The Morgan fingerprint density at radius 1 is 1.17 bits per heavy atom. The molecule has 9 nitrogen and oxygen atoms in total. The van der Waals surface area contributed by atoms with E-state index < -0.39 is 10.0 Å². The van der Waals surface area contributed by atoms with Gasteiger partial charge in [0.15, 0.2) is 0 Å². The molecule has 2 aromatic carbocycles. The van der Waals surface area contributed by atoms with E-state index >= 15 is 0 Å². The van der Waals surface area contributed by atoms with Gasteiger partial charge in [0.25, 0.3) is 0 Å². The molecule has 2 aromatic heterocycles. The maximum atomic E-state index is 13.4. The van der Waals surface area contributed by atoms with E-state index in [1.807, 2.05) is 6.92 Å². The summed E-state index contributed by atoms with van der Waals surface area (Å²) in [6.45, 7) is 3.92. The standard InChI is InChI=1S/C25H29FN6O3S/c1-18-12-25-19(14-28-32(25)21-6-4-20(26)5-7-21)13-24(18)30-9-8-22(16-30)31(10-11-35-3)36(33,34)23-15-27-29(2)17-23/h4-7,12-15,17,22H,8-11,16H2,1-3H3. The van der Waals surface area contributed by atoms with E-state index in [4.69, 9.17) is 4.74 Å². The molecule has 0 bridgehead atoms. The van der Waals surface area contributed by atoms with Gasteiger partial charge in [-0.3, -0.25) is 4.68 Å². The first kappa shape index (κ1) is 24.4. The van der Waals surface area contributed by atoms with Crippen molar-refractivity contribution in [3.8, 4) is 5.69 Å². The van der Waals surface area contributed by atoms with Crippen molar-refractivity contribution in [2.75, 3.05) is 38.3 Å². The lowest BCUT2D eigenvalue weighted by Crippen LogP contribution is -2.43. The highest BCUT2D eigenvalue weighted by Crippen LogP contribution is 2.32. The minimum atomic E-state index is -3.71. The maximum absolute atomic E-state index is 13.4. The molecule has 1 fully saturated rings. The van der Waals surface area contributed by atoms with Crippen molar-refractivity contribution in [1.82, 2.24) is 23.9 Å². The highest BCUT2D eigenvalue weighted by atomic mass is 32.2. The fourth-order valence-corrected chi connectivity index (χ4v) is 6.45. The van der Waals surface area contributed by atoms with Crippen LogP contribution in [0, 0.1) is 12.7 Å². The monoisotopic (exact) mass is 512 g/mol. The third kappa shape index (κ3) is 4.49. The lowest BCUT2D eigenvalue weighted by atomic mass is 10.1. The van der Waals surface area contributed by atoms with E-state index in [1.165, 1.54) is 29.2 Å². The van der Waals surface area contributed by atoms with Crippen molar-refractivity contribution in [3.05, 3.63) is 66.4 Å². The second-order valence-corrected chi connectivity index (χ2v) is 11.0. The normalized spacial score (nSPS) is 16.5. The number of sulfonamides is 1. The highest BCUT2D eigenvalue weighted by Gasteiger charge is 2.36. The van der Waals surface area contributed by atoms with Gasteiger partial charge in [-0.25, -0.2) is 17.5 Å². The predicted molar refractivity (Wildman–Crippen MR) is 135 cm³/mol. The molecule has 190 valence electrons. The summed E-state index contributed by atoms with van der Waals surface area (Å²) in [5.74, 6) is -0.289. The van der Waals surface area contributed by atoms with Gasteiger partial charge in [-0.05, 0) is 55.3 Å². The zero-order valence-corrected chi connectivity index (χ0v) is 21.3. The van der Waals surface area contributed by atoms with Gasteiger partial charge in [0.2, 0.25) is 10.0 Å². The van der Waals surface area contributed by atoms with Crippen LogP contribution in [0.15, 0.2) is 59.9 Å². The summed E-state index contributed by atoms with van der Waals surface area (Å²) in [4.78, 5) is 2.41. The van der Waals surface area contributed by atoms with Crippen LogP contribution in [-0.2, 0) is 21.8 Å². The van der Waals surface area contributed by atoms with Crippen molar-refractivity contribution in [2.24, 2.45) is 7.05 Å². The Balaban J connectivity index is 1.42. The highest BCUT2D eigenvalue weighted by molar-refractivity contribution is 7.89. The number of hydrogen-bond donors (Lipinski definition) is 0. The Morgan fingerprint density at radius 2 is 1.94 bits per heavy atom. The van der Waals surface area contributed by atoms with Crippen LogP contribution in [0.25, 0.3) is 16.6 Å². The molecule has 1 aliphatic rings. The molecular formula is C25H29FN6O3S. The molecule has 0 saturated carbocycles. The molecule has 0 radical (unpaired) electrons. The zero-order chi connectivity index (χ0) is 25.4. The van der Waals surface area contributed by atoms with Crippen LogP contribution in [0.1, 0.15) is 12.0 Å². The van der Waals surface area contributed by atoms with Gasteiger partial charge in [0.1, 0.15) is 10.7 Å². The minimum Gasteiger partial charge on any atom is -0.383 e. The van der Waals surface area contributed by atoms with Crippen molar-refractivity contribution in [2.45, 2.75) is 24.3 Å². The molecule has 5 rings (SSSR count). The molecular weight excluding hydrogens is 483 g/mol. The topological polar surface area (TPSA) is 85.5 Å². The van der Waals surface area contributed by atoms with Crippen molar-refractivity contribution >= 4 is 26.6 Å². The summed E-state index contributed by atoms with van der Waals surface area (Å²) in [5, 5.41) is 9.52. The Kier molecular flexibility index (Phi) is 6.54. The SMILES string of the molecule is COCCN(C1CCN(c2cc3cnn(-c4ccc(F)cc4)c3cc2C)C1)S(=O)(=O)c1cnn(C)c1. The average Bonchev–Trinajstić information content (AvgIpc) is 3.59. The van der Waals surface area contributed by atoms with Crippen LogP contribution >= 0.6 is 0 Å². The largest absolute Gasteiger partial charge is 0.383 e. The Labute approximate surface area is 209 Å². The molecule has 0 amide bonds. The van der Waals surface area contributed by atoms with Crippen LogP contribution in [0.3, 0.4) is 0 Å². The van der Waals surface area contributed by atoms with Gasteiger partial charge in [-0.1, -0.05) is 0 Å². The van der Waals surface area contributed by atoms with E-state index in [0.29, 0.717) is 19.6 Å². The van der Waals surface area contributed by atoms with Crippen molar-refractivity contribution in [3.63, 3.8) is 0 Å². The second kappa shape index (κ2) is 9.64. The lowest BCUT2D eigenvalue weighted by Gasteiger charge is -2.28. The summed E-state index contributed by atoms with van der Waals surface area (Å²) in [6, 6.07) is 10.2. The van der Waals surface area contributed by atoms with Crippen LogP contribution in [0.5, 0.6) is 0 Å². The molecule has 0 spiro atoms. The predicted octanol–water partition coefficient (Wildman–Crippen LogP) is 3.12. The molecule has 36 heavy (non-hydrogen) atoms. The Bertz CT molecular complexity index is 1480. The third-order valence-corrected chi connectivity index (χ3v) is 8.58. The fourth-order valence-electron chi connectivity index (χ4n) is 4.84. The number of methoxy groups -OCH3 is 1. The van der Waals surface area contributed by atoms with Gasteiger partial charge < -0.3 is 9.64 Å². The van der Waals surface area contributed by atoms with E-state index in [-0.39, 0.29) is 23.3 Å². The van der Waals surface area contributed by atoms with Crippen LogP contribution < -0.4 is 4.90 Å². The van der Waals surface area contributed by atoms with E-state index in [2.05, 4.69) is 27.2 Å². The second-order valence-electron chi connectivity index (χ2n) is 9.08. The number of hydrogen-bond acceptors (Lipinski definition) is 6. The number of nitrogens with zero attached hydrogens (tertiary/aromatic N) is 6. The van der Waals surface area contributed by atoms with Crippen molar-refractivity contribution in [1.29, 1.82) is 0 Å². The van der Waals surface area contributed by atoms with Gasteiger partial charge >= 0.3 is 0 Å². The number of anilines is 1. The van der Waals surface area contributed by atoms with Gasteiger partial charge in [-0.2, -0.15) is 14.5 Å². The van der Waals surface area contributed by atoms with Gasteiger partial charge in [0, 0.05) is 57.1 Å². The summed E-state index contributed by atoms with van der Waals surface area (Å²) >= 11 is 0. The fraction of sp³-hybridized carbons (Fsp3) is 0.360. The molecule has 0 N–H and O–H groups in total. The van der Waals surface area contributed by atoms with E-state index in [0.717, 1.165) is 34.4 Å². The van der Waals surface area contributed by atoms with E-state index in [9.17, 15) is 12.8 Å². The first-order valence-corrected chi connectivity index (χ1v) is 13.2. The molecule has 1 saturated heterocycles. The summed E-state index contributed by atoms with van der Waals surface area (Å²) < 4.78 is 50.3. The van der Waals surface area contributed by atoms with E-state index in [1.54, 1.807) is 41.5 Å². The summed E-state index contributed by atoms with van der Waals surface area (Å²) in [7, 11) is -0.442. The number of rotatable bonds is 8. The third-order valence-electron chi connectivity index (χ3n) is 6.67. The number of ether oxygens (including phenoxy) is 1. The quantitative estimate of drug-likeness (QED) is 0.361. The molecule has 0 aliphatic carbocycles. The smallest absolute Gasteiger partial charge is 0.246 e. The first-order valence-electron chi connectivity index (χ1n) is 11.8. The molecule has 1 aliphatic heterocycles. The van der Waals surface area contributed by atoms with Crippen molar-refractivity contribution < 1.29 is 17.5 Å². The summed E-state index contributed by atoms with van der Waals surface area (Å²) in [5.41, 5.74) is 3.83. The number of halogens is 1. The molecule has 4 aromatic rings. The van der Waals surface area contributed by atoms with Gasteiger partial charge in [0.05, 0.1) is 30.2 Å². The van der Waals surface area contributed by atoms with Crippen LogP contribution in [0.2, 0.25) is 0 Å². The van der Waals surface area contributed by atoms with Gasteiger partial charge in [-0.15, -0.1) is 0 Å². The number of benzene rings is 2. The molecule has 1 atom stereocenters. The first-order chi connectivity index (χ1) is 17.3. The Hall–Kier alpha value is -3.28. The molecule has 11 heteroatoms. The lowest BCUT2D eigenvalue weighted by molar-refractivity contribution is 0.168. The number of aromatic nitrogens is 4. The number of aryl methyl sites for hydroxylation is 2. The van der Waals surface area contributed by atoms with Crippen LogP contribution in [-0.4, -0.2) is 71.7 Å². The Morgan fingerprint density at radius 3 is 2.64 bits per heavy atom.